The number of hydrogen-bond donors (Lipinski definition) is 2. The van der Waals surface area contributed by atoms with E-state index in [4.69, 9.17) is 5.73 Å². The molecule has 0 amide bonds. The Hall–Kier alpha value is -3.84. The summed E-state index contributed by atoms with van der Waals surface area (Å²) in [5.74, 6) is -1.13. The summed E-state index contributed by atoms with van der Waals surface area (Å²) in [5, 5.41) is 13.9. The molecule has 2 heterocycles. The van der Waals surface area contributed by atoms with Gasteiger partial charge >= 0.3 is 0 Å². The fourth-order valence-corrected chi connectivity index (χ4v) is 3.69. The summed E-state index contributed by atoms with van der Waals surface area (Å²) in [6.07, 6.45) is 5.22. The van der Waals surface area contributed by atoms with Gasteiger partial charge < -0.3 is 10.8 Å². The normalized spacial score (nSPS) is 12.0. The van der Waals surface area contributed by atoms with E-state index in [1.165, 1.54) is 12.1 Å². The highest BCUT2D eigenvalue weighted by atomic mass is 19.1. The summed E-state index contributed by atoms with van der Waals surface area (Å²) >= 11 is 0. The number of aliphatic hydroxyl groups excluding tert-OH is 1. The van der Waals surface area contributed by atoms with Gasteiger partial charge in [0.15, 0.2) is 5.78 Å². The number of nitrogen functional groups attached to an aromatic ring is 1. The summed E-state index contributed by atoms with van der Waals surface area (Å²) in [7, 11) is 1.82. The first-order chi connectivity index (χ1) is 15.5. The Morgan fingerprint density at radius 1 is 1.09 bits per heavy atom. The molecule has 0 fully saturated rings. The molecular formula is C25H23FN4O2. The van der Waals surface area contributed by atoms with Crippen molar-refractivity contribution >= 4 is 11.6 Å². The zero-order valence-electron chi connectivity index (χ0n) is 17.6. The van der Waals surface area contributed by atoms with Crippen molar-refractivity contribution in [3.05, 3.63) is 90.1 Å². The molecule has 0 saturated heterocycles. The van der Waals surface area contributed by atoms with E-state index < -0.39 is 11.7 Å². The maximum Gasteiger partial charge on any atom is 0.166 e. The van der Waals surface area contributed by atoms with Crippen LogP contribution in [0.5, 0.6) is 0 Å². The molecule has 4 rings (SSSR count). The SMILES string of the molecule is Cn1cc(-c2cnc(N)c(-c3ccc(C(=O)C[C@H](CO)c4ccccc4)c(F)c3)c2)cn1. The van der Waals surface area contributed by atoms with Crippen molar-refractivity contribution in [2.24, 2.45) is 7.05 Å². The number of nitrogens with zero attached hydrogens (tertiary/aromatic N) is 3. The maximum atomic E-state index is 14.9. The molecule has 0 aliphatic carbocycles. The van der Waals surface area contributed by atoms with Gasteiger partial charge in [0, 0.05) is 48.5 Å². The summed E-state index contributed by atoms with van der Waals surface area (Å²) in [4.78, 5) is 17.0. The van der Waals surface area contributed by atoms with Crippen LogP contribution in [0, 0.1) is 5.82 Å². The molecule has 0 bridgehead atoms. The van der Waals surface area contributed by atoms with E-state index in [1.54, 1.807) is 23.1 Å². The van der Waals surface area contributed by atoms with Crippen LogP contribution in [-0.4, -0.2) is 32.3 Å². The Morgan fingerprint density at radius 2 is 1.88 bits per heavy atom. The molecule has 32 heavy (non-hydrogen) atoms. The van der Waals surface area contributed by atoms with E-state index >= 15 is 0 Å². The second kappa shape index (κ2) is 9.11. The number of nitrogens with two attached hydrogens (primary N) is 1. The third-order valence-electron chi connectivity index (χ3n) is 5.46. The number of aryl methyl sites for hydroxylation is 1. The first-order valence-electron chi connectivity index (χ1n) is 10.2. The molecule has 3 N–H and O–H groups in total. The Balaban J connectivity index is 1.60. The van der Waals surface area contributed by atoms with E-state index in [0.29, 0.717) is 11.1 Å². The molecule has 162 valence electrons. The van der Waals surface area contributed by atoms with Gasteiger partial charge in [-0.3, -0.25) is 9.48 Å². The number of ketones is 1. The van der Waals surface area contributed by atoms with Crippen molar-refractivity contribution < 1.29 is 14.3 Å². The average Bonchev–Trinajstić information content (AvgIpc) is 3.24. The van der Waals surface area contributed by atoms with Crippen molar-refractivity contribution in [3.8, 4) is 22.3 Å². The lowest BCUT2D eigenvalue weighted by Crippen LogP contribution is -2.12. The van der Waals surface area contributed by atoms with E-state index in [-0.39, 0.29) is 30.2 Å². The summed E-state index contributed by atoms with van der Waals surface area (Å²) in [6, 6.07) is 15.5. The van der Waals surface area contributed by atoms with Gasteiger partial charge in [-0.05, 0) is 29.3 Å². The smallest absolute Gasteiger partial charge is 0.166 e. The van der Waals surface area contributed by atoms with Crippen LogP contribution in [-0.2, 0) is 7.05 Å². The van der Waals surface area contributed by atoms with Crippen LogP contribution in [0.25, 0.3) is 22.3 Å². The lowest BCUT2D eigenvalue weighted by Gasteiger charge is -2.14. The number of rotatable bonds is 7. The quantitative estimate of drug-likeness (QED) is 0.428. The number of anilines is 1. The topological polar surface area (TPSA) is 94.0 Å². The van der Waals surface area contributed by atoms with Crippen LogP contribution < -0.4 is 5.73 Å². The van der Waals surface area contributed by atoms with E-state index in [0.717, 1.165) is 16.7 Å². The second-order valence-corrected chi connectivity index (χ2v) is 7.67. The number of benzene rings is 2. The highest BCUT2D eigenvalue weighted by molar-refractivity contribution is 5.97. The van der Waals surface area contributed by atoms with Crippen molar-refractivity contribution in [2.45, 2.75) is 12.3 Å². The number of carbonyl (C=O) groups excluding carboxylic acids is 1. The van der Waals surface area contributed by atoms with E-state index in [2.05, 4.69) is 10.1 Å². The van der Waals surface area contributed by atoms with E-state index in [1.807, 2.05) is 49.6 Å². The Kier molecular flexibility index (Phi) is 6.09. The summed E-state index contributed by atoms with van der Waals surface area (Å²) in [5.41, 5.74) is 9.64. The fourth-order valence-electron chi connectivity index (χ4n) is 3.69. The molecule has 0 aliphatic rings. The minimum atomic E-state index is -0.636. The van der Waals surface area contributed by atoms with Gasteiger partial charge in [0.25, 0.3) is 0 Å². The molecule has 0 saturated carbocycles. The molecular weight excluding hydrogens is 407 g/mol. The molecule has 7 heteroatoms. The molecule has 0 unspecified atom stereocenters. The standard InChI is InChI=1S/C25H23FN4O2/c1-30-14-20(13-29-30)18-9-22(25(27)28-12-18)17-7-8-21(23(26)10-17)24(32)11-19(15-31)16-5-3-2-4-6-16/h2-10,12-14,19,31H,11,15H2,1H3,(H2,27,28)/t19-/m1/s1. The third-order valence-corrected chi connectivity index (χ3v) is 5.46. The second-order valence-electron chi connectivity index (χ2n) is 7.67. The molecule has 0 aliphatic heterocycles. The Bertz CT molecular complexity index is 1250. The number of pyridine rings is 1. The monoisotopic (exact) mass is 430 g/mol. The highest BCUT2D eigenvalue weighted by Crippen LogP contribution is 2.31. The van der Waals surface area contributed by atoms with Gasteiger partial charge in [-0.1, -0.05) is 36.4 Å². The van der Waals surface area contributed by atoms with Crippen molar-refractivity contribution in [1.82, 2.24) is 14.8 Å². The van der Waals surface area contributed by atoms with Gasteiger partial charge in [0.05, 0.1) is 18.4 Å². The van der Waals surface area contributed by atoms with Crippen LogP contribution in [0.4, 0.5) is 10.2 Å². The summed E-state index contributed by atoms with van der Waals surface area (Å²) in [6.45, 7) is -0.196. The van der Waals surface area contributed by atoms with E-state index in [9.17, 15) is 14.3 Å². The first-order valence-corrected chi connectivity index (χ1v) is 10.2. The number of Topliss-reactive ketones (excluding diaryl/α,β-unsaturated/α-hetero) is 1. The highest BCUT2D eigenvalue weighted by Gasteiger charge is 2.20. The van der Waals surface area contributed by atoms with Crippen LogP contribution in [0.3, 0.4) is 0 Å². The van der Waals surface area contributed by atoms with Crippen LogP contribution in [0.15, 0.2) is 73.2 Å². The lowest BCUT2D eigenvalue weighted by atomic mass is 9.91. The molecule has 6 nitrogen and oxygen atoms in total. The minimum absolute atomic E-state index is 0.0109. The first kappa shape index (κ1) is 21.4. The Labute approximate surface area is 185 Å². The molecule has 1 atom stereocenters. The maximum absolute atomic E-state index is 14.9. The van der Waals surface area contributed by atoms with Gasteiger partial charge in [-0.15, -0.1) is 0 Å². The van der Waals surface area contributed by atoms with Crippen LogP contribution in [0.1, 0.15) is 28.3 Å². The number of hydrogen-bond acceptors (Lipinski definition) is 5. The predicted molar refractivity (Wildman–Crippen MR) is 121 cm³/mol. The number of aliphatic hydroxyl groups is 1. The van der Waals surface area contributed by atoms with Gasteiger partial charge in [0.2, 0.25) is 0 Å². The van der Waals surface area contributed by atoms with Crippen molar-refractivity contribution in [2.75, 3.05) is 12.3 Å². The zero-order valence-corrected chi connectivity index (χ0v) is 17.6. The summed E-state index contributed by atoms with van der Waals surface area (Å²) < 4.78 is 16.6. The molecule has 2 aromatic heterocycles. The largest absolute Gasteiger partial charge is 0.396 e. The Morgan fingerprint density at radius 3 is 2.53 bits per heavy atom. The third kappa shape index (κ3) is 4.43. The zero-order chi connectivity index (χ0) is 22.7. The number of carbonyl (C=O) groups is 1. The molecule has 0 radical (unpaired) electrons. The average molecular weight is 430 g/mol. The van der Waals surface area contributed by atoms with Gasteiger partial charge in [-0.25, -0.2) is 9.37 Å². The molecule has 2 aromatic carbocycles. The predicted octanol–water partition coefficient (Wildman–Crippen LogP) is 4.22. The fraction of sp³-hybridized carbons (Fsp3) is 0.160. The van der Waals surface area contributed by atoms with Crippen LogP contribution >= 0.6 is 0 Å². The molecule has 4 aromatic rings. The van der Waals surface area contributed by atoms with Crippen molar-refractivity contribution in [3.63, 3.8) is 0 Å². The van der Waals surface area contributed by atoms with Gasteiger partial charge in [0.1, 0.15) is 11.6 Å². The minimum Gasteiger partial charge on any atom is -0.396 e. The van der Waals surface area contributed by atoms with Crippen LogP contribution in [0.2, 0.25) is 0 Å². The number of halogens is 1. The lowest BCUT2D eigenvalue weighted by molar-refractivity contribution is 0.0956. The molecule has 0 spiro atoms. The van der Waals surface area contributed by atoms with Crippen molar-refractivity contribution in [1.29, 1.82) is 0 Å². The van der Waals surface area contributed by atoms with Gasteiger partial charge in [-0.2, -0.15) is 5.10 Å². The number of aromatic nitrogens is 3.